The number of furan rings is 1. The molecule has 0 fully saturated rings. The van der Waals surface area contributed by atoms with Crippen molar-refractivity contribution in [2.24, 2.45) is 0 Å². The van der Waals surface area contributed by atoms with Gasteiger partial charge in [-0.25, -0.2) is 19.9 Å². The number of hydrogen-bond acceptors (Lipinski definition) is 5. The van der Waals surface area contributed by atoms with Crippen LogP contribution < -0.4 is 0 Å². The summed E-state index contributed by atoms with van der Waals surface area (Å²) in [5.41, 5.74) is 8.23. The molecule has 0 aliphatic rings. The molecular formula is C50H30N4O. The lowest BCUT2D eigenvalue weighted by Gasteiger charge is -2.12. The highest BCUT2D eigenvalue weighted by atomic mass is 16.3. The van der Waals surface area contributed by atoms with Crippen LogP contribution in [0.2, 0.25) is 0 Å². The number of benzene rings is 8. The molecule has 0 unspecified atom stereocenters. The van der Waals surface area contributed by atoms with Crippen LogP contribution in [-0.2, 0) is 0 Å². The molecule has 0 spiro atoms. The van der Waals surface area contributed by atoms with E-state index in [4.69, 9.17) is 24.4 Å². The lowest BCUT2D eigenvalue weighted by atomic mass is 9.92. The van der Waals surface area contributed by atoms with E-state index >= 15 is 0 Å². The van der Waals surface area contributed by atoms with E-state index in [1.165, 1.54) is 37.9 Å². The third kappa shape index (κ3) is 5.33. The van der Waals surface area contributed by atoms with Gasteiger partial charge >= 0.3 is 0 Å². The summed E-state index contributed by atoms with van der Waals surface area (Å²) in [4.78, 5) is 19.7. The molecule has 256 valence electrons. The van der Waals surface area contributed by atoms with Crippen molar-refractivity contribution in [3.8, 4) is 56.7 Å². The molecule has 0 aliphatic heterocycles. The molecule has 55 heavy (non-hydrogen) atoms. The third-order valence-corrected chi connectivity index (χ3v) is 10.5. The number of fused-ring (bicyclic) bond motifs is 9. The molecule has 0 aliphatic carbocycles. The first kappa shape index (κ1) is 31.1. The van der Waals surface area contributed by atoms with Gasteiger partial charge in [-0.05, 0) is 85.9 Å². The molecular weight excluding hydrogens is 673 g/mol. The Balaban J connectivity index is 0.979. The van der Waals surface area contributed by atoms with Crippen LogP contribution in [0.1, 0.15) is 0 Å². The summed E-state index contributed by atoms with van der Waals surface area (Å²) in [7, 11) is 0. The Bertz CT molecular complexity index is 3170. The van der Waals surface area contributed by atoms with Crippen molar-refractivity contribution in [2.45, 2.75) is 0 Å². The zero-order chi connectivity index (χ0) is 36.3. The molecule has 8 aromatic carbocycles. The molecule has 0 N–H and O–H groups in total. The molecule has 0 atom stereocenters. The highest BCUT2D eigenvalue weighted by Crippen LogP contribution is 2.39. The van der Waals surface area contributed by atoms with Gasteiger partial charge in [-0.1, -0.05) is 140 Å². The van der Waals surface area contributed by atoms with E-state index < -0.39 is 0 Å². The molecule has 11 rings (SSSR count). The van der Waals surface area contributed by atoms with Crippen molar-refractivity contribution in [3.05, 3.63) is 182 Å². The van der Waals surface area contributed by atoms with E-state index in [1.54, 1.807) is 0 Å². The Labute approximate surface area is 316 Å². The Morgan fingerprint density at radius 1 is 0.255 bits per heavy atom. The summed E-state index contributed by atoms with van der Waals surface area (Å²) in [6.07, 6.45) is 0. The predicted molar refractivity (Wildman–Crippen MR) is 225 cm³/mol. The van der Waals surface area contributed by atoms with Crippen molar-refractivity contribution in [3.63, 3.8) is 0 Å². The number of nitrogens with zero attached hydrogens (tertiary/aromatic N) is 4. The second kappa shape index (κ2) is 12.6. The molecule has 3 heterocycles. The zero-order valence-electron chi connectivity index (χ0n) is 29.5. The number of hydrogen-bond donors (Lipinski definition) is 0. The lowest BCUT2D eigenvalue weighted by molar-refractivity contribution is 0.669. The highest BCUT2D eigenvalue weighted by molar-refractivity contribution is 6.25. The van der Waals surface area contributed by atoms with Crippen molar-refractivity contribution in [1.29, 1.82) is 0 Å². The molecule has 0 saturated heterocycles. The van der Waals surface area contributed by atoms with E-state index in [0.29, 0.717) is 23.2 Å². The second-order valence-corrected chi connectivity index (χ2v) is 13.8. The molecule has 0 amide bonds. The average Bonchev–Trinajstić information content (AvgIpc) is 3.64. The van der Waals surface area contributed by atoms with Gasteiger partial charge in [0.2, 0.25) is 0 Å². The van der Waals surface area contributed by atoms with E-state index in [1.807, 2.05) is 78.9 Å². The molecule has 0 saturated carbocycles. The van der Waals surface area contributed by atoms with Crippen LogP contribution >= 0.6 is 0 Å². The summed E-state index contributed by atoms with van der Waals surface area (Å²) >= 11 is 0. The van der Waals surface area contributed by atoms with Gasteiger partial charge in [0.25, 0.3) is 0 Å². The van der Waals surface area contributed by atoms with Crippen LogP contribution in [0.4, 0.5) is 0 Å². The second-order valence-electron chi connectivity index (χ2n) is 13.8. The van der Waals surface area contributed by atoms with Gasteiger partial charge in [0.05, 0.1) is 5.69 Å². The van der Waals surface area contributed by atoms with E-state index in [-0.39, 0.29) is 0 Å². The monoisotopic (exact) mass is 702 g/mol. The maximum Gasteiger partial charge on any atom is 0.182 e. The fraction of sp³-hybridized carbons (Fsp3) is 0. The molecule has 11 aromatic rings. The lowest BCUT2D eigenvalue weighted by Crippen LogP contribution is -2.01. The van der Waals surface area contributed by atoms with Gasteiger partial charge < -0.3 is 4.42 Å². The fourth-order valence-corrected chi connectivity index (χ4v) is 7.85. The van der Waals surface area contributed by atoms with E-state index in [9.17, 15) is 0 Å². The standard InChI is InChI=1S/C50H30N4O/c1-3-12-31(13-4-1)48-52-49(32-14-5-2-6-15-32)54-50(53-48)45-21-11-20-44(51-45)35-23-26-41-43-29-34(24-27-46(43)55-47(41)30-35)33-22-25-40-38-18-8-7-16-36(38)37-17-9-10-19-39(37)42(40)28-33/h1-30H. The van der Waals surface area contributed by atoms with Crippen molar-refractivity contribution < 1.29 is 4.42 Å². The Kier molecular flexibility index (Phi) is 7.10. The Morgan fingerprint density at radius 3 is 1.40 bits per heavy atom. The van der Waals surface area contributed by atoms with Gasteiger partial charge in [0.1, 0.15) is 16.9 Å². The maximum atomic E-state index is 6.47. The molecule has 0 radical (unpaired) electrons. The average molecular weight is 703 g/mol. The van der Waals surface area contributed by atoms with Gasteiger partial charge in [-0.15, -0.1) is 0 Å². The van der Waals surface area contributed by atoms with Gasteiger partial charge in [-0.3, -0.25) is 0 Å². The highest BCUT2D eigenvalue weighted by Gasteiger charge is 2.16. The van der Waals surface area contributed by atoms with Crippen LogP contribution in [-0.4, -0.2) is 19.9 Å². The van der Waals surface area contributed by atoms with E-state index in [2.05, 4.69) is 103 Å². The zero-order valence-corrected chi connectivity index (χ0v) is 29.5. The first-order valence-electron chi connectivity index (χ1n) is 18.4. The van der Waals surface area contributed by atoms with Gasteiger partial charge in [-0.2, -0.15) is 0 Å². The van der Waals surface area contributed by atoms with Gasteiger partial charge in [0.15, 0.2) is 17.5 Å². The minimum absolute atomic E-state index is 0.516. The third-order valence-electron chi connectivity index (χ3n) is 10.5. The summed E-state index contributed by atoms with van der Waals surface area (Å²) in [5, 5.41) is 9.76. The normalized spacial score (nSPS) is 11.6. The molecule has 5 heteroatoms. The van der Waals surface area contributed by atoms with E-state index in [0.717, 1.165) is 49.9 Å². The number of aromatic nitrogens is 4. The minimum Gasteiger partial charge on any atom is -0.456 e. The van der Waals surface area contributed by atoms with Crippen molar-refractivity contribution in [1.82, 2.24) is 19.9 Å². The van der Waals surface area contributed by atoms with Crippen molar-refractivity contribution in [2.75, 3.05) is 0 Å². The molecule has 0 bridgehead atoms. The fourth-order valence-electron chi connectivity index (χ4n) is 7.85. The van der Waals surface area contributed by atoms with Crippen molar-refractivity contribution >= 4 is 54.3 Å². The summed E-state index contributed by atoms with van der Waals surface area (Å²) in [6.45, 7) is 0. The maximum absolute atomic E-state index is 6.47. The summed E-state index contributed by atoms with van der Waals surface area (Å²) < 4.78 is 6.47. The topological polar surface area (TPSA) is 64.7 Å². The number of pyridine rings is 1. The van der Waals surface area contributed by atoms with Crippen LogP contribution in [0.3, 0.4) is 0 Å². The molecule has 3 aromatic heterocycles. The van der Waals surface area contributed by atoms with Crippen LogP contribution in [0.15, 0.2) is 186 Å². The van der Waals surface area contributed by atoms with Crippen LogP contribution in [0.5, 0.6) is 0 Å². The van der Waals surface area contributed by atoms with Crippen LogP contribution in [0, 0.1) is 0 Å². The largest absolute Gasteiger partial charge is 0.456 e. The van der Waals surface area contributed by atoms with Crippen LogP contribution in [0.25, 0.3) is 111 Å². The van der Waals surface area contributed by atoms with Gasteiger partial charge in [0, 0.05) is 27.5 Å². The Hall–Kier alpha value is -7.50. The first-order valence-corrected chi connectivity index (χ1v) is 18.4. The molecule has 5 nitrogen and oxygen atoms in total. The summed E-state index contributed by atoms with van der Waals surface area (Å²) in [6, 6.07) is 63.0. The Morgan fingerprint density at radius 2 is 0.745 bits per heavy atom. The number of rotatable bonds is 5. The first-order chi connectivity index (χ1) is 27.2. The smallest absolute Gasteiger partial charge is 0.182 e. The summed E-state index contributed by atoms with van der Waals surface area (Å²) in [5.74, 6) is 1.72. The SMILES string of the molecule is c1ccc(-c2nc(-c3ccccc3)nc(-c3cccc(-c4ccc5c(c4)oc4ccc(-c6ccc7c8ccccc8c8ccccc8c7c6)cc45)n3)n2)cc1. The minimum atomic E-state index is 0.516. The predicted octanol–water partition coefficient (Wildman–Crippen LogP) is 13.0. The quantitative estimate of drug-likeness (QED) is 0.167.